The van der Waals surface area contributed by atoms with Gasteiger partial charge in [0.1, 0.15) is 0 Å². The topological polar surface area (TPSA) is 55.1 Å². The van der Waals surface area contributed by atoms with E-state index in [4.69, 9.17) is 5.10 Å². The largest absolute Gasteiger partial charge is 0.481 e. The maximum atomic E-state index is 13.2. The van der Waals surface area contributed by atoms with Crippen LogP contribution < -0.4 is 0 Å². The Hall–Kier alpha value is -2.31. The van der Waals surface area contributed by atoms with Crippen LogP contribution in [-0.4, -0.2) is 20.9 Å². The fourth-order valence-corrected chi connectivity index (χ4v) is 5.52. The first kappa shape index (κ1) is 25.3. The molecule has 33 heavy (non-hydrogen) atoms. The molecular weight excluding hydrogens is 429 g/mol. The average molecular weight is 465 g/mol. The highest BCUT2D eigenvalue weighted by Crippen LogP contribution is 2.43. The van der Waals surface area contributed by atoms with Gasteiger partial charge >= 0.3 is 12.1 Å². The first-order valence-electron chi connectivity index (χ1n) is 11.7. The molecule has 0 amide bonds. The van der Waals surface area contributed by atoms with Gasteiger partial charge in [0.25, 0.3) is 0 Å². The Morgan fingerprint density at radius 3 is 2.33 bits per heavy atom. The maximum absolute atomic E-state index is 13.2. The summed E-state index contributed by atoms with van der Waals surface area (Å²) < 4.78 is 41.5. The summed E-state index contributed by atoms with van der Waals surface area (Å²) in [7, 11) is 0. The van der Waals surface area contributed by atoms with E-state index in [1.165, 1.54) is 0 Å². The summed E-state index contributed by atoms with van der Waals surface area (Å²) >= 11 is 0. The molecule has 7 heteroatoms. The molecule has 1 aromatic heterocycles. The smallest absolute Gasteiger partial charge is 0.416 e. The van der Waals surface area contributed by atoms with Gasteiger partial charge in [0, 0.05) is 11.6 Å². The molecule has 0 saturated carbocycles. The highest BCUT2D eigenvalue weighted by Gasteiger charge is 2.36. The molecule has 1 heterocycles. The first-order valence-corrected chi connectivity index (χ1v) is 11.7. The van der Waals surface area contributed by atoms with Crippen LogP contribution in [0.2, 0.25) is 0 Å². The Morgan fingerprint density at radius 1 is 1.18 bits per heavy atom. The van der Waals surface area contributed by atoms with Crippen LogP contribution in [0.1, 0.15) is 94.6 Å². The van der Waals surface area contributed by atoms with E-state index in [2.05, 4.69) is 34.6 Å². The van der Waals surface area contributed by atoms with Crippen molar-refractivity contribution in [3.05, 3.63) is 52.8 Å². The van der Waals surface area contributed by atoms with Gasteiger partial charge in [0.2, 0.25) is 0 Å². The lowest BCUT2D eigenvalue weighted by Gasteiger charge is -2.38. The van der Waals surface area contributed by atoms with E-state index in [-0.39, 0.29) is 29.7 Å². The van der Waals surface area contributed by atoms with Crippen LogP contribution >= 0.6 is 0 Å². The number of benzene rings is 1. The van der Waals surface area contributed by atoms with Crippen molar-refractivity contribution in [3.8, 4) is 0 Å². The van der Waals surface area contributed by atoms with Gasteiger partial charge in [-0.25, -0.2) is 0 Å². The molecule has 1 aromatic carbocycles. The van der Waals surface area contributed by atoms with Gasteiger partial charge in [-0.2, -0.15) is 18.3 Å². The van der Waals surface area contributed by atoms with Crippen molar-refractivity contribution < 1.29 is 23.1 Å². The molecule has 182 valence electrons. The monoisotopic (exact) mass is 464 g/mol. The number of aliphatic carboxylic acids is 1. The van der Waals surface area contributed by atoms with Gasteiger partial charge in [-0.1, -0.05) is 46.8 Å². The molecule has 1 N–H and O–H groups in total. The molecule has 3 unspecified atom stereocenters. The van der Waals surface area contributed by atoms with E-state index in [1.54, 1.807) is 12.1 Å². The SMILES string of the molecule is CC(C)C(CC(c1ccc(C(F)(F)F)cc1)n1ncc2c1C(CC(=O)O)CCC2)C(C)(C)C. The van der Waals surface area contributed by atoms with Crippen LogP contribution in [0.4, 0.5) is 13.2 Å². The highest BCUT2D eigenvalue weighted by molar-refractivity contribution is 5.68. The van der Waals surface area contributed by atoms with Crippen LogP contribution in [0, 0.1) is 17.3 Å². The predicted octanol–water partition coefficient (Wildman–Crippen LogP) is 7.09. The van der Waals surface area contributed by atoms with Gasteiger partial charge in [-0.3, -0.25) is 9.48 Å². The number of hydrogen-bond acceptors (Lipinski definition) is 2. The molecule has 0 saturated heterocycles. The van der Waals surface area contributed by atoms with Gasteiger partial charge in [0.05, 0.1) is 24.2 Å². The highest BCUT2D eigenvalue weighted by atomic mass is 19.4. The minimum Gasteiger partial charge on any atom is -0.481 e. The number of hydrogen-bond donors (Lipinski definition) is 1. The minimum atomic E-state index is -4.39. The normalized spacial score (nSPS) is 18.8. The molecular formula is C26H35F3N2O2. The summed E-state index contributed by atoms with van der Waals surface area (Å²) in [5.41, 5.74) is 2.08. The van der Waals surface area contributed by atoms with E-state index in [0.717, 1.165) is 48.2 Å². The summed E-state index contributed by atoms with van der Waals surface area (Å²) in [5.74, 6) is -0.339. The first-order chi connectivity index (χ1) is 15.3. The van der Waals surface area contributed by atoms with Crippen molar-refractivity contribution in [3.63, 3.8) is 0 Å². The third kappa shape index (κ3) is 5.79. The molecule has 3 rings (SSSR count). The second-order valence-electron chi connectivity index (χ2n) is 10.8. The van der Waals surface area contributed by atoms with E-state index < -0.39 is 17.7 Å². The number of halogens is 3. The number of aryl methyl sites for hydroxylation is 1. The fraction of sp³-hybridized carbons (Fsp3) is 0.615. The molecule has 1 aliphatic carbocycles. The summed E-state index contributed by atoms with van der Waals surface area (Å²) in [5, 5.41) is 14.2. The Morgan fingerprint density at radius 2 is 1.82 bits per heavy atom. The summed E-state index contributed by atoms with van der Waals surface area (Å²) in [6, 6.07) is 5.10. The predicted molar refractivity (Wildman–Crippen MR) is 122 cm³/mol. The second kappa shape index (κ2) is 9.51. The molecule has 2 aromatic rings. The van der Waals surface area contributed by atoms with Crippen molar-refractivity contribution in [1.29, 1.82) is 0 Å². The number of nitrogens with zero attached hydrogens (tertiary/aromatic N) is 2. The third-order valence-electron chi connectivity index (χ3n) is 7.03. The van der Waals surface area contributed by atoms with Crippen molar-refractivity contribution in [2.24, 2.45) is 17.3 Å². The molecule has 0 aliphatic heterocycles. The lowest BCUT2D eigenvalue weighted by atomic mass is 9.70. The van der Waals surface area contributed by atoms with Crippen LogP contribution in [0.5, 0.6) is 0 Å². The fourth-order valence-electron chi connectivity index (χ4n) is 5.52. The van der Waals surface area contributed by atoms with Crippen molar-refractivity contribution in [1.82, 2.24) is 9.78 Å². The zero-order valence-electron chi connectivity index (χ0n) is 20.1. The number of carbonyl (C=O) groups is 1. The quantitative estimate of drug-likeness (QED) is 0.476. The zero-order chi connectivity index (χ0) is 24.6. The standard InChI is InChI=1S/C26H35F3N2O2/c1-16(2)21(25(3,4)5)14-22(17-9-11-20(12-10-17)26(27,28)29)31-24-18(13-23(32)33)7-6-8-19(24)15-30-31/h9-12,15-16,18,21-22H,6-8,13-14H2,1-5H3,(H,32,33). The zero-order valence-corrected chi connectivity index (χ0v) is 20.1. The Bertz CT molecular complexity index is 955. The molecule has 3 atom stereocenters. The molecule has 0 spiro atoms. The number of alkyl halides is 3. The van der Waals surface area contributed by atoms with Crippen LogP contribution in [-0.2, 0) is 17.4 Å². The Labute approximate surface area is 194 Å². The molecule has 0 fully saturated rings. The van der Waals surface area contributed by atoms with Gasteiger partial charge in [-0.05, 0) is 66.2 Å². The lowest BCUT2D eigenvalue weighted by molar-refractivity contribution is -0.138. The van der Waals surface area contributed by atoms with E-state index >= 15 is 0 Å². The number of carboxylic acid groups (broad SMARTS) is 1. The van der Waals surface area contributed by atoms with Gasteiger partial charge < -0.3 is 5.11 Å². The Balaban J connectivity index is 2.10. The molecule has 1 aliphatic rings. The Kier molecular flexibility index (Phi) is 7.30. The van der Waals surface area contributed by atoms with E-state index in [1.807, 2.05) is 10.9 Å². The lowest BCUT2D eigenvalue weighted by Crippen LogP contribution is -2.30. The number of fused-ring (bicyclic) bond motifs is 1. The van der Waals surface area contributed by atoms with Crippen molar-refractivity contribution >= 4 is 5.97 Å². The van der Waals surface area contributed by atoms with Crippen LogP contribution in [0.25, 0.3) is 0 Å². The molecule has 0 bridgehead atoms. The number of rotatable bonds is 7. The minimum absolute atomic E-state index is 0.00793. The second-order valence-corrected chi connectivity index (χ2v) is 10.8. The van der Waals surface area contributed by atoms with E-state index in [0.29, 0.717) is 12.3 Å². The van der Waals surface area contributed by atoms with Crippen molar-refractivity contribution in [2.45, 2.75) is 84.9 Å². The summed E-state index contributed by atoms with van der Waals surface area (Å²) in [6.45, 7) is 10.9. The number of aromatic nitrogens is 2. The van der Waals surface area contributed by atoms with E-state index in [9.17, 15) is 23.1 Å². The van der Waals surface area contributed by atoms with Gasteiger partial charge in [-0.15, -0.1) is 0 Å². The average Bonchev–Trinajstić information content (AvgIpc) is 3.11. The summed E-state index contributed by atoms with van der Waals surface area (Å²) in [4.78, 5) is 11.5. The van der Waals surface area contributed by atoms with Crippen LogP contribution in [0.3, 0.4) is 0 Å². The maximum Gasteiger partial charge on any atom is 0.416 e. The van der Waals surface area contributed by atoms with Crippen LogP contribution in [0.15, 0.2) is 30.5 Å². The third-order valence-corrected chi connectivity index (χ3v) is 7.03. The number of carboxylic acids is 1. The molecule has 0 radical (unpaired) electrons. The summed E-state index contributed by atoms with van der Waals surface area (Å²) in [6.07, 6.45) is 0.707. The van der Waals surface area contributed by atoms with Crippen molar-refractivity contribution in [2.75, 3.05) is 0 Å². The van der Waals surface area contributed by atoms with Gasteiger partial charge in [0.15, 0.2) is 0 Å². The molecule has 4 nitrogen and oxygen atoms in total.